The number of hydrogen-bond donors (Lipinski definition) is 7. The molecule has 0 bridgehead atoms. The van der Waals surface area contributed by atoms with E-state index in [9.17, 15) is 43.6 Å². The molecule has 0 unspecified atom stereocenters. The molecule has 0 aromatic carbocycles. The highest BCUT2D eigenvalue weighted by molar-refractivity contribution is 7.80. The smallest absolute Gasteiger partial charge is 0.393 e. The molecule has 0 radical (unpaired) electrons. The molecule has 0 aromatic heterocycles. The first kappa shape index (κ1) is 40.6. The third kappa shape index (κ3) is 6.61. The molecule has 0 amide bonds. The lowest BCUT2D eigenvalue weighted by molar-refractivity contribution is -0.361. The van der Waals surface area contributed by atoms with E-state index in [-0.39, 0.29) is 47.5 Å². The van der Waals surface area contributed by atoms with E-state index in [2.05, 4.69) is 27.4 Å². The molecule has 8 aliphatic rings. The summed E-state index contributed by atoms with van der Waals surface area (Å²) in [6, 6.07) is 0. The van der Waals surface area contributed by atoms with Gasteiger partial charge in [0.05, 0.1) is 43.7 Å². The molecule has 4 aliphatic heterocycles. The molecule has 17 heteroatoms. The van der Waals surface area contributed by atoms with Crippen LogP contribution in [0, 0.1) is 40.4 Å². The summed E-state index contributed by atoms with van der Waals surface area (Å²) in [5.41, 5.74) is 1.07. The van der Waals surface area contributed by atoms with Crippen molar-refractivity contribution in [2.24, 2.45) is 40.4 Å². The predicted octanol–water partition coefficient (Wildman–Crippen LogP) is 0.718. The van der Waals surface area contributed by atoms with Crippen molar-refractivity contribution in [2.45, 2.75) is 158 Å². The van der Waals surface area contributed by atoms with Crippen molar-refractivity contribution in [3.8, 4) is 0 Å². The number of aliphatic hydroxyl groups is 6. The predicted molar refractivity (Wildman–Crippen MR) is 189 cm³/mol. The van der Waals surface area contributed by atoms with Gasteiger partial charge in [0, 0.05) is 24.2 Å². The van der Waals surface area contributed by atoms with Crippen LogP contribution in [0.2, 0.25) is 0 Å². The van der Waals surface area contributed by atoms with Gasteiger partial charge in [-0.1, -0.05) is 44.6 Å². The minimum Gasteiger partial charge on any atom is -0.393 e. The highest BCUT2D eigenvalue weighted by Crippen LogP contribution is 2.71. The van der Waals surface area contributed by atoms with Crippen LogP contribution in [0.25, 0.3) is 0 Å². The van der Waals surface area contributed by atoms with Crippen LogP contribution in [0.1, 0.15) is 72.6 Å². The van der Waals surface area contributed by atoms with E-state index >= 15 is 0 Å². The molecule has 4 heterocycles. The first-order chi connectivity index (χ1) is 25.8. The molecular formula is C38H58O16S. The number of rotatable bonds is 6. The number of fused-ring (bicyclic) bond motifs is 7. The summed E-state index contributed by atoms with van der Waals surface area (Å²) < 4.78 is 75.0. The van der Waals surface area contributed by atoms with Crippen molar-refractivity contribution < 1.29 is 76.2 Å². The van der Waals surface area contributed by atoms with Crippen LogP contribution in [0.4, 0.5) is 0 Å². The van der Waals surface area contributed by atoms with Gasteiger partial charge in [-0.3, -0.25) is 4.55 Å². The summed E-state index contributed by atoms with van der Waals surface area (Å²) >= 11 is 0. The zero-order chi connectivity index (χ0) is 39.6. The van der Waals surface area contributed by atoms with Crippen molar-refractivity contribution >= 4 is 10.4 Å². The third-order valence-corrected chi connectivity index (χ3v) is 15.7. The minimum absolute atomic E-state index is 0.0200. The molecule has 4 aliphatic carbocycles. The van der Waals surface area contributed by atoms with Gasteiger partial charge in [0.1, 0.15) is 36.6 Å². The van der Waals surface area contributed by atoms with Crippen LogP contribution < -0.4 is 0 Å². The second kappa shape index (κ2) is 14.3. The summed E-state index contributed by atoms with van der Waals surface area (Å²) in [7, 11) is -5.05. The zero-order valence-corrected chi connectivity index (χ0v) is 32.6. The Hall–Kier alpha value is -1.13. The number of hydrogen-bond acceptors (Lipinski definition) is 15. The number of aliphatic hydroxyl groups excluding tert-OH is 6. The monoisotopic (exact) mass is 802 g/mol. The van der Waals surface area contributed by atoms with Gasteiger partial charge in [-0.2, -0.15) is 8.42 Å². The molecule has 1 spiro atoms. The maximum absolute atomic E-state index is 12.0. The van der Waals surface area contributed by atoms with E-state index in [0.29, 0.717) is 13.0 Å². The first-order valence-corrected chi connectivity index (χ1v) is 21.2. The fourth-order valence-electron chi connectivity index (χ4n) is 12.4. The van der Waals surface area contributed by atoms with Crippen LogP contribution in [0.5, 0.6) is 0 Å². The van der Waals surface area contributed by atoms with Gasteiger partial charge in [-0.15, -0.1) is 0 Å². The topological polar surface area (TPSA) is 240 Å². The molecule has 16 nitrogen and oxygen atoms in total. The SMILES string of the molecule is C=C1CC[C@@]2(OC1)O[C@H]1C[C@H]3[C@@H]4[C@@H](O)C=C5C[C@@H](O)C[C@@H](O[C@@H]6OC[C@H](OS(=O)(=O)O)[C@H](O)[C@H]6O[C@@H]6O[C@@H](C)[C@H](O)[C@@H](O)[C@H]6O)[C@]5(C)[C@H]4CC[C@]3(C)[C@H]1[C@@H]2C. The Bertz CT molecular complexity index is 1610. The summed E-state index contributed by atoms with van der Waals surface area (Å²) in [6.45, 7) is 12.2. The van der Waals surface area contributed by atoms with Gasteiger partial charge in [-0.25, -0.2) is 4.18 Å². The lowest BCUT2D eigenvalue weighted by Crippen LogP contribution is -2.64. The molecule has 4 saturated heterocycles. The van der Waals surface area contributed by atoms with E-state index in [0.717, 1.165) is 43.3 Å². The Morgan fingerprint density at radius 3 is 2.36 bits per heavy atom. The molecule has 7 N–H and O–H groups in total. The van der Waals surface area contributed by atoms with Gasteiger partial charge in [-0.05, 0) is 68.1 Å². The van der Waals surface area contributed by atoms with Crippen LogP contribution in [0.15, 0.2) is 23.8 Å². The van der Waals surface area contributed by atoms with Crippen molar-refractivity contribution in [3.05, 3.63) is 23.8 Å². The average molecular weight is 803 g/mol. The van der Waals surface area contributed by atoms with E-state index in [1.54, 1.807) is 0 Å². The van der Waals surface area contributed by atoms with Gasteiger partial charge >= 0.3 is 10.4 Å². The molecule has 21 atom stereocenters. The van der Waals surface area contributed by atoms with E-state index in [1.165, 1.54) is 6.92 Å². The lowest BCUT2D eigenvalue weighted by atomic mass is 9.45. The summed E-state index contributed by atoms with van der Waals surface area (Å²) in [4.78, 5) is 0. The average Bonchev–Trinajstić information content (AvgIpc) is 3.56. The molecular weight excluding hydrogens is 744 g/mol. The Morgan fingerprint density at radius 2 is 1.67 bits per heavy atom. The Labute approximate surface area is 321 Å². The van der Waals surface area contributed by atoms with Crippen LogP contribution >= 0.6 is 0 Å². The standard InChI is InChI=1S/C38H58O16S/c1-16-6-9-38(49-14-16)17(2)28-24(53-38)13-22-27-21(7-8-36(22,28)4)37(5)19(11-23(27)40)10-20(39)12-26(37)51-35-33(30(42)25(15-48-35)54-55(45,46)47)52-34-32(44)31(43)29(41)18(3)50-34/h11,17-18,20-35,39-44H,1,6-10,12-15H2,2-5H3,(H,45,46,47)/t17-,18-,20+,21-,22-,23-,24-,25-,26+,27+,28-,29-,30-,31+,32+,33+,34-,35-,36-,37-,38+/m0/s1. The second-order valence-electron chi connectivity index (χ2n) is 18.1. The molecule has 0 aromatic rings. The zero-order valence-electron chi connectivity index (χ0n) is 31.8. The van der Waals surface area contributed by atoms with Crippen molar-refractivity contribution in [1.29, 1.82) is 0 Å². The summed E-state index contributed by atoms with van der Waals surface area (Å²) in [5.74, 6) is -0.362. The molecule has 312 valence electrons. The molecule has 8 rings (SSSR count). The second-order valence-corrected chi connectivity index (χ2v) is 19.2. The van der Waals surface area contributed by atoms with Crippen molar-refractivity contribution in [2.75, 3.05) is 13.2 Å². The molecule has 7 fully saturated rings. The number of ether oxygens (including phenoxy) is 6. The Balaban J connectivity index is 1.07. The van der Waals surface area contributed by atoms with Crippen LogP contribution in [0.3, 0.4) is 0 Å². The molecule has 55 heavy (non-hydrogen) atoms. The summed E-state index contributed by atoms with van der Waals surface area (Å²) in [6.07, 6.45) is -9.98. The fourth-order valence-corrected chi connectivity index (χ4v) is 12.9. The fraction of sp³-hybridized carbons (Fsp3) is 0.895. The quantitative estimate of drug-likeness (QED) is 0.145. The van der Waals surface area contributed by atoms with E-state index in [4.69, 9.17) is 32.6 Å². The largest absolute Gasteiger partial charge is 0.397 e. The third-order valence-electron chi connectivity index (χ3n) is 15.2. The maximum Gasteiger partial charge on any atom is 0.397 e. The normalized spacial score (nSPS) is 55.3. The van der Waals surface area contributed by atoms with Crippen LogP contribution in [-0.4, -0.2) is 142 Å². The lowest BCUT2D eigenvalue weighted by Gasteiger charge is -2.61. The van der Waals surface area contributed by atoms with Crippen molar-refractivity contribution in [3.63, 3.8) is 0 Å². The summed E-state index contributed by atoms with van der Waals surface area (Å²) in [5, 5.41) is 66.1. The minimum atomic E-state index is -5.05. The van der Waals surface area contributed by atoms with Gasteiger partial charge in [0.25, 0.3) is 0 Å². The highest BCUT2D eigenvalue weighted by atomic mass is 32.3. The maximum atomic E-state index is 12.0. The van der Waals surface area contributed by atoms with Gasteiger partial charge in [0.2, 0.25) is 0 Å². The highest BCUT2D eigenvalue weighted by Gasteiger charge is 2.70. The Morgan fingerprint density at radius 1 is 0.927 bits per heavy atom. The van der Waals surface area contributed by atoms with Gasteiger partial charge < -0.3 is 59.1 Å². The Kier molecular flexibility index (Phi) is 10.5. The first-order valence-electron chi connectivity index (χ1n) is 19.8. The van der Waals surface area contributed by atoms with Crippen LogP contribution in [-0.2, 0) is 43.0 Å². The molecule has 3 saturated carbocycles. The van der Waals surface area contributed by atoms with Gasteiger partial charge in [0.15, 0.2) is 18.4 Å². The van der Waals surface area contributed by atoms with E-state index < -0.39 is 102 Å². The van der Waals surface area contributed by atoms with Crippen molar-refractivity contribution in [1.82, 2.24) is 0 Å². The van der Waals surface area contributed by atoms with E-state index in [1.807, 2.05) is 6.08 Å².